The van der Waals surface area contributed by atoms with Crippen LogP contribution >= 0.6 is 0 Å². The number of sulfone groups is 1. The molecule has 0 heterocycles. The minimum atomic E-state index is -3.93. The van der Waals surface area contributed by atoms with Crippen molar-refractivity contribution in [2.45, 2.75) is 13.3 Å². The van der Waals surface area contributed by atoms with Gasteiger partial charge in [0, 0.05) is 12.2 Å². The Hall–Kier alpha value is -2.42. The molecule has 2 amide bonds. The number of carbonyl (C=O) groups excluding carboxylic acids is 2. The normalized spacial score (nSPS) is 10.8. The van der Waals surface area contributed by atoms with Crippen molar-refractivity contribution < 1.29 is 27.9 Å². The Kier molecular flexibility index (Phi) is 6.70. The monoisotopic (exact) mass is 342 g/mol. The van der Waals surface area contributed by atoms with Crippen LogP contribution in [0.2, 0.25) is 0 Å². The maximum absolute atomic E-state index is 11.8. The second kappa shape index (κ2) is 8.28. The van der Waals surface area contributed by atoms with E-state index < -0.39 is 39.1 Å². The first-order valence-electron chi connectivity index (χ1n) is 6.73. The highest BCUT2D eigenvalue weighted by atomic mass is 32.2. The molecule has 0 spiro atoms. The number of anilines is 1. The zero-order valence-electron chi connectivity index (χ0n) is 12.5. The lowest BCUT2D eigenvalue weighted by atomic mass is 10.2. The third-order valence-electron chi connectivity index (χ3n) is 2.66. The molecule has 3 N–H and O–H groups in total. The lowest BCUT2D eigenvalue weighted by Gasteiger charge is -2.07. The van der Waals surface area contributed by atoms with E-state index in [1.165, 1.54) is 0 Å². The van der Waals surface area contributed by atoms with E-state index in [1.54, 1.807) is 18.2 Å². The summed E-state index contributed by atoms with van der Waals surface area (Å²) in [5, 5.41) is 13.0. The zero-order valence-corrected chi connectivity index (χ0v) is 13.4. The standard InChI is InChI=1S/C14H18N2O6S/c1-10-3-2-4-11(7-10)16-13(18)9-23(21,22)8-12(17)15-6-5-14(19)20/h2-4,7H,5-6,8-9H2,1H3,(H,15,17)(H,16,18)(H,19,20). The molecule has 1 aromatic rings. The molecule has 0 aliphatic heterocycles. The van der Waals surface area contributed by atoms with Gasteiger partial charge in [-0.3, -0.25) is 14.4 Å². The van der Waals surface area contributed by atoms with Crippen molar-refractivity contribution in [1.82, 2.24) is 5.32 Å². The number of carboxylic acid groups (broad SMARTS) is 1. The number of hydrogen-bond acceptors (Lipinski definition) is 5. The molecule has 23 heavy (non-hydrogen) atoms. The SMILES string of the molecule is Cc1cccc(NC(=O)CS(=O)(=O)CC(=O)NCCC(=O)O)c1. The topological polar surface area (TPSA) is 130 Å². The number of benzene rings is 1. The van der Waals surface area contributed by atoms with Gasteiger partial charge in [0.1, 0.15) is 11.5 Å². The molecule has 0 unspecified atom stereocenters. The third-order valence-corrected chi connectivity index (χ3v) is 4.07. The summed E-state index contributed by atoms with van der Waals surface area (Å²) >= 11 is 0. The van der Waals surface area contributed by atoms with Crippen LogP contribution in [-0.2, 0) is 24.2 Å². The first-order chi connectivity index (χ1) is 10.7. The maximum atomic E-state index is 11.8. The Morgan fingerprint density at radius 1 is 1.13 bits per heavy atom. The molecule has 0 saturated heterocycles. The number of aliphatic carboxylic acids is 1. The summed E-state index contributed by atoms with van der Waals surface area (Å²) in [6.45, 7) is 1.66. The molecule has 8 nitrogen and oxygen atoms in total. The molecule has 0 bridgehead atoms. The molecule has 0 aliphatic carbocycles. The van der Waals surface area contributed by atoms with E-state index >= 15 is 0 Å². The number of carbonyl (C=O) groups is 3. The van der Waals surface area contributed by atoms with Crippen molar-refractivity contribution in [1.29, 1.82) is 0 Å². The molecule has 1 rings (SSSR count). The van der Waals surface area contributed by atoms with E-state index in [4.69, 9.17) is 5.11 Å². The van der Waals surface area contributed by atoms with Gasteiger partial charge in [-0.15, -0.1) is 0 Å². The number of hydrogen-bond donors (Lipinski definition) is 3. The molecular weight excluding hydrogens is 324 g/mol. The summed E-state index contributed by atoms with van der Waals surface area (Å²) in [6, 6.07) is 6.85. The summed E-state index contributed by atoms with van der Waals surface area (Å²) in [5.74, 6) is -4.38. The maximum Gasteiger partial charge on any atom is 0.305 e. The first-order valence-corrected chi connectivity index (χ1v) is 8.55. The first kappa shape index (κ1) is 18.6. The van der Waals surface area contributed by atoms with E-state index in [0.717, 1.165) is 5.56 Å². The highest BCUT2D eigenvalue weighted by Crippen LogP contribution is 2.09. The average molecular weight is 342 g/mol. The van der Waals surface area contributed by atoms with Crippen LogP contribution in [0.25, 0.3) is 0 Å². The van der Waals surface area contributed by atoms with E-state index in [2.05, 4.69) is 10.6 Å². The van der Waals surface area contributed by atoms with Gasteiger partial charge in [0.2, 0.25) is 11.8 Å². The van der Waals surface area contributed by atoms with Crippen molar-refractivity contribution in [3.8, 4) is 0 Å². The Morgan fingerprint density at radius 2 is 1.78 bits per heavy atom. The predicted molar refractivity (Wildman–Crippen MR) is 83.7 cm³/mol. The second-order valence-corrected chi connectivity index (χ2v) is 7.01. The fraction of sp³-hybridized carbons (Fsp3) is 0.357. The van der Waals surface area contributed by atoms with Gasteiger partial charge in [0.25, 0.3) is 0 Å². The summed E-state index contributed by atoms with van der Waals surface area (Å²) in [4.78, 5) is 33.4. The molecule has 0 aromatic heterocycles. The number of nitrogens with one attached hydrogen (secondary N) is 2. The van der Waals surface area contributed by atoms with Gasteiger partial charge in [0.05, 0.1) is 6.42 Å². The van der Waals surface area contributed by atoms with Gasteiger partial charge in [-0.1, -0.05) is 12.1 Å². The van der Waals surface area contributed by atoms with Crippen LogP contribution in [0.15, 0.2) is 24.3 Å². The number of carboxylic acids is 1. The Morgan fingerprint density at radius 3 is 2.39 bits per heavy atom. The van der Waals surface area contributed by atoms with Crippen molar-refractivity contribution in [3.05, 3.63) is 29.8 Å². The average Bonchev–Trinajstić information content (AvgIpc) is 2.36. The van der Waals surface area contributed by atoms with E-state index in [1.807, 2.05) is 13.0 Å². The minimum absolute atomic E-state index is 0.167. The third kappa shape index (κ3) is 7.96. The van der Waals surface area contributed by atoms with Gasteiger partial charge < -0.3 is 15.7 Å². The van der Waals surface area contributed by atoms with Gasteiger partial charge >= 0.3 is 5.97 Å². The summed E-state index contributed by atoms with van der Waals surface area (Å²) < 4.78 is 23.5. The van der Waals surface area contributed by atoms with E-state index in [0.29, 0.717) is 5.69 Å². The molecule has 0 aliphatic rings. The van der Waals surface area contributed by atoms with Crippen molar-refractivity contribution in [3.63, 3.8) is 0 Å². The number of amides is 2. The fourth-order valence-electron chi connectivity index (χ4n) is 1.73. The van der Waals surface area contributed by atoms with Crippen LogP contribution in [0.4, 0.5) is 5.69 Å². The van der Waals surface area contributed by atoms with Crippen molar-refractivity contribution >= 4 is 33.3 Å². The molecular formula is C14H18N2O6S. The Balaban J connectivity index is 2.49. The lowest BCUT2D eigenvalue weighted by molar-refractivity contribution is -0.136. The summed E-state index contributed by atoms with van der Waals surface area (Å²) in [6.07, 6.45) is -0.306. The molecule has 9 heteroatoms. The van der Waals surface area contributed by atoms with Crippen LogP contribution in [-0.4, -0.2) is 49.4 Å². The molecule has 0 atom stereocenters. The van der Waals surface area contributed by atoms with Crippen LogP contribution in [0, 0.1) is 6.92 Å². The van der Waals surface area contributed by atoms with E-state index in [-0.39, 0.29) is 13.0 Å². The van der Waals surface area contributed by atoms with Crippen LogP contribution < -0.4 is 10.6 Å². The van der Waals surface area contributed by atoms with Crippen molar-refractivity contribution in [2.24, 2.45) is 0 Å². The fourth-order valence-corrected chi connectivity index (χ4v) is 2.81. The van der Waals surface area contributed by atoms with Crippen molar-refractivity contribution in [2.75, 3.05) is 23.4 Å². The molecule has 0 saturated carbocycles. The summed E-state index contributed by atoms with van der Waals surface area (Å²) in [5.41, 5.74) is 1.37. The smallest absolute Gasteiger partial charge is 0.305 e. The highest BCUT2D eigenvalue weighted by molar-refractivity contribution is 7.92. The number of aryl methyl sites for hydroxylation is 1. The quantitative estimate of drug-likeness (QED) is 0.607. The van der Waals surface area contributed by atoms with Gasteiger partial charge in [-0.2, -0.15) is 0 Å². The second-order valence-electron chi connectivity index (χ2n) is 4.94. The van der Waals surface area contributed by atoms with Gasteiger partial charge in [-0.05, 0) is 24.6 Å². The van der Waals surface area contributed by atoms with Crippen LogP contribution in [0.1, 0.15) is 12.0 Å². The minimum Gasteiger partial charge on any atom is -0.481 e. The zero-order chi connectivity index (χ0) is 17.5. The Labute approximate surface area is 133 Å². The van der Waals surface area contributed by atoms with Crippen LogP contribution in [0.3, 0.4) is 0 Å². The van der Waals surface area contributed by atoms with E-state index in [9.17, 15) is 22.8 Å². The largest absolute Gasteiger partial charge is 0.481 e. The van der Waals surface area contributed by atoms with Crippen LogP contribution in [0.5, 0.6) is 0 Å². The predicted octanol–water partition coefficient (Wildman–Crippen LogP) is -0.0608. The highest BCUT2D eigenvalue weighted by Gasteiger charge is 2.20. The lowest BCUT2D eigenvalue weighted by Crippen LogP contribution is -2.35. The van der Waals surface area contributed by atoms with Gasteiger partial charge in [-0.25, -0.2) is 8.42 Å². The summed E-state index contributed by atoms with van der Waals surface area (Å²) in [7, 11) is -3.93. The molecule has 0 radical (unpaired) electrons. The molecule has 1 aromatic carbocycles. The molecule has 0 fully saturated rings. The molecule has 126 valence electrons. The Bertz CT molecular complexity index is 699. The number of rotatable bonds is 8. The van der Waals surface area contributed by atoms with Gasteiger partial charge in [0.15, 0.2) is 9.84 Å².